The molecule has 0 saturated carbocycles. The highest BCUT2D eigenvalue weighted by Gasteiger charge is 2.02. The van der Waals surface area contributed by atoms with Gasteiger partial charge in [-0.1, -0.05) is 6.92 Å². The number of rotatable bonds is 6. The first-order valence-corrected chi connectivity index (χ1v) is 5.02. The molecule has 0 radical (unpaired) electrons. The summed E-state index contributed by atoms with van der Waals surface area (Å²) in [5, 5.41) is 21.0. The molecule has 0 spiro atoms. The van der Waals surface area contributed by atoms with Crippen LogP contribution < -0.4 is 5.32 Å². The molecule has 0 rings (SSSR count). The van der Waals surface area contributed by atoms with Gasteiger partial charge in [0.05, 0.1) is 12.7 Å². The van der Waals surface area contributed by atoms with E-state index in [0.29, 0.717) is 11.8 Å². The zero-order valence-electron chi connectivity index (χ0n) is 7.08. The summed E-state index contributed by atoms with van der Waals surface area (Å²) in [6.45, 7) is 3.29. The van der Waals surface area contributed by atoms with Crippen molar-refractivity contribution in [3.05, 3.63) is 0 Å². The van der Waals surface area contributed by atoms with Gasteiger partial charge in [-0.25, -0.2) is 0 Å². The third-order valence-electron chi connectivity index (χ3n) is 1.42. The minimum absolute atomic E-state index is 0.166. The van der Waals surface area contributed by atoms with Crippen LogP contribution in [0, 0.1) is 0 Å². The standard InChI is InChI=1S/C7H17NO2S/c1-6(11-2)3-8-4-7(10)5-9/h6-10H,3-5H2,1-2H3/t6?,7-/m0/s1. The first kappa shape index (κ1) is 11.2. The van der Waals surface area contributed by atoms with E-state index in [1.807, 2.05) is 0 Å². The first-order valence-electron chi connectivity index (χ1n) is 3.73. The second kappa shape index (κ2) is 6.91. The molecule has 1 unspecified atom stereocenters. The van der Waals surface area contributed by atoms with E-state index in [1.165, 1.54) is 0 Å². The molecule has 0 aromatic rings. The van der Waals surface area contributed by atoms with Gasteiger partial charge in [-0.15, -0.1) is 0 Å². The van der Waals surface area contributed by atoms with Gasteiger partial charge in [0.2, 0.25) is 0 Å². The van der Waals surface area contributed by atoms with Crippen LogP contribution in [0.4, 0.5) is 0 Å². The van der Waals surface area contributed by atoms with Crippen molar-refractivity contribution in [2.45, 2.75) is 18.3 Å². The fourth-order valence-corrected chi connectivity index (χ4v) is 0.886. The Morgan fingerprint density at radius 2 is 2.09 bits per heavy atom. The lowest BCUT2D eigenvalue weighted by atomic mass is 10.3. The Morgan fingerprint density at radius 1 is 1.45 bits per heavy atom. The summed E-state index contributed by atoms with van der Waals surface area (Å²) in [5.41, 5.74) is 0. The lowest BCUT2D eigenvalue weighted by Crippen LogP contribution is -2.32. The molecule has 68 valence electrons. The SMILES string of the molecule is CSC(C)CNC[C@H](O)CO. The van der Waals surface area contributed by atoms with E-state index in [4.69, 9.17) is 10.2 Å². The van der Waals surface area contributed by atoms with Gasteiger partial charge < -0.3 is 15.5 Å². The van der Waals surface area contributed by atoms with E-state index in [0.717, 1.165) is 6.54 Å². The van der Waals surface area contributed by atoms with Crippen LogP contribution in [0.25, 0.3) is 0 Å². The van der Waals surface area contributed by atoms with Crippen molar-refractivity contribution in [1.82, 2.24) is 5.32 Å². The Labute approximate surface area is 72.2 Å². The van der Waals surface area contributed by atoms with Crippen molar-refractivity contribution in [2.24, 2.45) is 0 Å². The highest BCUT2D eigenvalue weighted by atomic mass is 32.2. The Kier molecular flexibility index (Phi) is 7.06. The van der Waals surface area contributed by atoms with E-state index >= 15 is 0 Å². The fourth-order valence-electron chi connectivity index (χ4n) is 0.601. The third kappa shape index (κ3) is 6.62. The van der Waals surface area contributed by atoms with E-state index in [1.54, 1.807) is 11.8 Å². The molecule has 2 atom stereocenters. The van der Waals surface area contributed by atoms with Gasteiger partial charge in [-0.05, 0) is 6.26 Å². The Hall–Kier alpha value is 0.230. The van der Waals surface area contributed by atoms with E-state index < -0.39 is 6.10 Å². The predicted octanol–water partition coefficient (Wildman–Crippen LogP) is -0.319. The van der Waals surface area contributed by atoms with Crippen LogP contribution in [0.3, 0.4) is 0 Å². The van der Waals surface area contributed by atoms with Crippen molar-refractivity contribution in [3.8, 4) is 0 Å². The molecule has 0 aliphatic carbocycles. The summed E-state index contributed by atoms with van der Waals surface area (Å²) in [7, 11) is 0. The van der Waals surface area contributed by atoms with Crippen molar-refractivity contribution in [2.75, 3.05) is 26.0 Å². The molecule has 0 saturated heterocycles. The molecule has 0 aromatic heterocycles. The molecule has 0 aliphatic heterocycles. The zero-order valence-corrected chi connectivity index (χ0v) is 7.90. The molecule has 0 amide bonds. The molecule has 3 N–H and O–H groups in total. The maximum absolute atomic E-state index is 8.92. The van der Waals surface area contributed by atoms with E-state index in [-0.39, 0.29) is 6.61 Å². The normalized spacial score (nSPS) is 16.4. The summed E-state index contributed by atoms with van der Waals surface area (Å²) in [6, 6.07) is 0. The number of aliphatic hydroxyl groups is 2. The van der Waals surface area contributed by atoms with Gasteiger partial charge in [-0.3, -0.25) is 0 Å². The Morgan fingerprint density at radius 3 is 2.55 bits per heavy atom. The van der Waals surface area contributed by atoms with Gasteiger partial charge >= 0.3 is 0 Å². The van der Waals surface area contributed by atoms with Crippen molar-refractivity contribution in [1.29, 1.82) is 0 Å². The quantitative estimate of drug-likeness (QED) is 0.523. The second-order valence-corrected chi connectivity index (χ2v) is 3.82. The fraction of sp³-hybridized carbons (Fsp3) is 1.00. The van der Waals surface area contributed by atoms with Crippen LogP contribution in [-0.2, 0) is 0 Å². The van der Waals surface area contributed by atoms with Crippen LogP contribution in [0.15, 0.2) is 0 Å². The number of nitrogens with one attached hydrogen (secondary N) is 1. The van der Waals surface area contributed by atoms with E-state index in [9.17, 15) is 0 Å². The highest BCUT2D eigenvalue weighted by Crippen LogP contribution is 2.01. The van der Waals surface area contributed by atoms with E-state index in [2.05, 4.69) is 18.5 Å². The smallest absolute Gasteiger partial charge is 0.0894 e. The highest BCUT2D eigenvalue weighted by molar-refractivity contribution is 7.99. The molecular weight excluding hydrogens is 162 g/mol. The Bertz CT molecular complexity index is 82.5. The maximum atomic E-state index is 8.92. The third-order valence-corrected chi connectivity index (χ3v) is 2.40. The van der Waals surface area contributed by atoms with Gasteiger partial charge in [0.15, 0.2) is 0 Å². The van der Waals surface area contributed by atoms with Crippen LogP contribution in [0.5, 0.6) is 0 Å². The van der Waals surface area contributed by atoms with Crippen LogP contribution in [0.2, 0.25) is 0 Å². The Balaban J connectivity index is 3.13. The average molecular weight is 179 g/mol. The minimum Gasteiger partial charge on any atom is -0.394 e. The zero-order chi connectivity index (χ0) is 8.69. The number of thioether (sulfide) groups is 1. The minimum atomic E-state index is -0.621. The number of hydrogen-bond acceptors (Lipinski definition) is 4. The molecule has 11 heavy (non-hydrogen) atoms. The average Bonchev–Trinajstić information content (AvgIpc) is 2.04. The summed E-state index contributed by atoms with van der Waals surface area (Å²) in [6.07, 6.45) is 1.43. The summed E-state index contributed by atoms with van der Waals surface area (Å²) in [5.74, 6) is 0. The maximum Gasteiger partial charge on any atom is 0.0894 e. The first-order chi connectivity index (χ1) is 5.20. The van der Waals surface area contributed by atoms with Crippen molar-refractivity contribution >= 4 is 11.8 Å². The summed E-state index contributed by atoms with van der Waals surface area (Å²) in [4.78, 5) is 0. The monoisotopic (exact) mass is 179 g/mol. The van der Waals surface area contributed by atoms with Crippen LogP contribution >= 0.6 is 11.8 Å². The van der Waals surface area contributed by atoms with Gasteiger partial charge in [0, 0.05) is 18.3 Å². The van der Waals surface area contributed by atoms with Gasteiger partial charge in [0.1, 0.15) is 0 Å². The topological polar surface area (TPSA) is 52.5 Å². The molecular formula is C7H17NO2S. The summed E-state index contributed by atoms with van der Waals surface area (Å²) < 4.78 is 0. The molecule has 0 bridgehead atoms. The van der Waals surface area contributed by atoms with Gasteiger partial charge in [0.25, 0.3) is 0 Å². The molecule has 0 fully saturated rings. The molecule has 0 heterocycles. The van der Waals surface area contributed by atoms with Crippen LogP contribution in [-0.4, -0.2) is 47.5 Å². The lowest BCUT2D eigenvalue weighted by Gasteiger charge is -2.11. The molecule has 0 aromatic carbocycles. The van der Waals surface area contributed by atoms with Gasteiger partial charge in [-0.2, -0.15) is 11.8 Å². The second-order valence-electron chi connectivity index (χ2n) is 2.54. The van der Waals surface area contributed by atoms with Crippen molar-refractivity contribution in [3.63, 3.8) is 0 Å². The largest absolute Gasteiger partial charge is 0.394 e. The lowest BCUT2D eigenvalue weighted by molar-refractivity contribution is 0.0947. The number of hydrogen-bond donors (Lipinski definition) is 3. The molecule has 0 aliphatic rings. The summed E-state index contributed by atoms with van der Waals surface area (Å²) >= 11 is 1.78. The molecule has 3 nitrogen and oxygen atoms in total. The molecule has 4 heteroatoms. The van der Waals surface area contributed by atoms with Crippen LogP contribution in [0.1, 0.15) is 6.92 Å². The van der Waals surface area contributed by atoms with Crippen molar-refractivity contribution < 1.29 is 10.2 Å². The number of aliphatic hydroxyl groups excluding tert-OH is 2. The predicted molar refractivity (Wildman–Crippen MR) is 48.9 cm³/mol.